The van der Waals surface area contributed by atoms with E-state index in [1.165, 1.54) is 60.1 Å². The van der Waals surface area contributed by atoms with E-state index >= 15 is 0 Å². The lowest BCUT2D eigenvalue weighted by molar-refractivity contribution is 1.02. The molecule has 2 aromatic heterocycles. The molecule has 0 saturated carbocycles. The minimum Gasteiger partial charge on any atom is -0.344 e. The Bertz CT molecular complexity index is 1780. The maximum Gasteiger partial charge on any atom is 0.0547 e. The number of hydrogen-bond acceptors (Lipinski definition) is 0. The SMILES string of the molecule is Cn1c2ccccc2c2cc3cc4c(cc3cc21)c1ccccc1n4-c1ccccc1. The van der Waals surface area contributed by atoms with Crippen LogP contribution >= 0.6 is 0 Å². The molecular weight excluding hydrogens is 376 g/mol. The third-order valence-corrected chi connectivity index (χ3v) is 6.68. The van der Waals surface area contributed by atoms with Gasteiger partial charge in [-0.1, -0.05) is 54.6 Å². The monoisotopic (exact) mass is 396 g/mol. The summed E-state index contributed by atoms with van der Waals surface area (Å²) in [5.74, 6) is 0. The first kappa shape index (κ1) is 16.7. The standard InChI is InChI=1S/C29H20N2/c1-30-26-13-7-5-11-22(26)24-15-20-18-29-25(16-19(20)17-28(24)30)23-12-6-8-14-27(23)31(29)21-9-3-2-4-10-21/h2-18H,1H3. The van der Waals surface area contributed by atoms with Crippen LogP contribution in [0.25, 0.3) is 60.1 Å². The zero-order chi connectivity index (χ0) is 20.5. The van der Waals surface area contributed by atoms with Crippen LogP contribution in [0.3, 0.4) is 0 Å². The molecule has 0 unspecified atom stereocenters. The third-order valence-electron chi connectivity index (χ3n) is 6.68. The number of fused-ring (bicyclic) bond motifs is 7. The van der Waals surface area contributed by atoms with Gasteiger partial charge >= 0.3 is 0 Å². The molecule has 146 valence electrons. The molecule has 2 heteroatoms. The van der Waals surface area contributed by atoms with Crippen LogP contribution in [0.2, 0.25) is 0 Å². The summed E-state index contributed by atoms with van der Waals surface area (Å²) in [7, 11) is 2.16. The molecule has 0 atom stereocenters. The number of aryl methyl sites for hydroxylation is 1. The highest BCUT2D eigenvalue weighted by Gasteiger charge is 2.15. The number of nitrogens with zero attached hydrogens (tertiary/aromatic N) is 2. The van der Waals surface area contributed by atoms with Gasteiger partial charge in [-0.3, -0.25) is 0 Å². The van der Waals surface area contributed by atoms with E-state index in [9.17, 15) is 0 Å². The van der Waals surface area contributed by atoms with Gasteiger partial charge in [0.2, 0.25) is 0 Å². The minimum absolute atomic E-state index is 1.19. The van der Waals surface area contributed by atoms with Crippen molar-refractivity contribution < 1.29 is 0 Å². The third kappa shape index (κ3) is 2.22. The Morgan fingerprint density at radius 1 is 0.452 bits per heavy atom. The fraction of sp³-hybridized carbons (Fsp3) is 0.0345. The molecule has 0 radical (unpaired) electrons. The molecule has 0 fully saturated rings. The molecular formula is C29H20N2. The predicted molar refractivity (Wildman–Crippen MR) is 132 cm³/mol. The Balaban J connectivity index is 1.67. The van der Waals surface area contributed by atoms with E-state index in [2.05, 4.69) is 119 Å². The van der Waals surface area contributed by atoms with Gasteiger partial charge < -0.3 is 9.13 Å². The van der Waals surface area contributed by atoms with Crippen LogP contribution in [-0.4, -0.2) is 9.13 Å². The molecule has 5 aromatic carbocycles. The Labute approximate surface area is 179 Å². The second-order valence-electron chi connectivity index (χ2n) is 8.35. The van der Waals surface area contributed by atoms with Crippen molar-refractivity contribution in [2.24, 2.45) is 7.05 Å². The fourth-order valence-electron chi connectivity index (χ4n) is 5.22. The Morgan fingerprint density at radius 3 is 1.74 bits per heavy atom. The Kier molecular flexibility index (Phi) is 3.23. The maximum atomic E-state index is 2.39. The van der Waals surface area contributed by atoms with Crippen LogP contribution < -0.4 is 0 Å². The highest BCUT2D eigenvalue weighted by molar-refractivity contribution is 6.17. The molecule has 0 bridgehead atoms. The quantitative estimate of drug-likeness (QED) is 0.271. The number of rotatable bonds is 1. The van der Waals surface area contributed by atoms with Gasteiger partial charge in [0.15, 0.2) is 0 Å². The zero-order valence-corrected chi connectivity index (χ0v) is 17.2. The largest absolute Gasteiger partial charge is 0.344 e. The van der Waals surface area contributed by atoms with Crippen molar-refractivity contribution in [3.63, 3.8) is 0 Å². The summed E-state index contributed by atoms with van der Waals surface area (Å²) < 4.78 is 4.69. The molecule has 7 aromatic rings. The first-order valence-corrected chi connectivity index (χ1v) is 10.7. The van der Waals surface area contributed by atoms with Gasteiger partial charge in [-0.25, -0.2) is 0 Å². The van der Waals surface area contributed by atoms with E-state index in [0.717, 1.165) is 0 Å². The molecule has 7 rings (SSSR count). The minimum atomic E-state index is 1.19. The van der Waals surface area contributed by atoms with Crippen molar-refractivity contribution in [2.75, 3.05) is 0 Å². The zero-order valence-electron chi connectivity index (χ0n) is 17.2. The first-order valence-electron chi connectivity index (χ1n) is 10.7. The average molecular weight is 396 g/mol. The van der Waals surface area contributed by atoms with Crippen LogP contribution in [0, 0.1) is 0 Å². The Morgan fingerprint density at radius 2 is 1.00 bits per heavy atom. The summed E-state index contributed by atoms with van der Waals surface area (Å²) in [6, 6.07) is 37.5. The molecule has 0 N–H and O–H groups in total. The van der Waals surface area contributed by atoms with E-state index in [1.807, 2.05) is 0 Å². The summed E-state index contributed by atoms with van der Waals surface area (Å²) >= 11 is 0. The van der Waals surface area contributed by atoms with Gasteiger partial charge in [-0.2, -0.15) is 0 Å². The van der Waals surface area contributed by atoms with Crippen molar-refractivity contribution in [1.82, 2.24) is 9.13 Å². The molecule has 0 amide bonds. The van der Waals surface area contributed by atoms with E-state index in [4.69, 9.17) is 0 Å². The number of para-hydroxylation sites is 3. The van der Waals surface area contributed by atoms with Crippen LogP contribution in [0.1, 0.15) is 0 Å². The van der Waals surface area contributed by atoms with Crippen LogP contribution in [0.4, 0.5) is 0 Å². The van der Waals surface area contributed by atoms with Crippen molar-refractivity contribution in [3.05, 3.63) is 103 Å². The highest BCUT2D eigenvalue weighted by Crippen LogP contribution is 2.37. The number of benzene rings is 5. The van der Waals surface area contributed by atoms with E-state index in [1.54, 1.807) is 0 Å². The second-order valence-corrected chi connectivity index (χ2v) is 8.35. The molecule has 0 spiro atoms. The average Bonchev–Trinajstić information content (AvgIpc) is 3.29. The number of aromatic nitrogens is 2. The molecule has 0 aliphatic heterocycles. The van der Waals surface area contributed by atoms with Gasteiger partial charge in [0.1, 0.15) is 0 Å². The van der Waals surface area contributed by atoms with Crippen molar-refractivity contribution in [1.29, 1.82) is 0 Å². The molecule has 0 aliphatic rings. The van der Waals surface area contributed by atoms with Gasteiger partial charge in [0, 0.05) is 45.3 Å². The highest BCUT2D eigenvalue weighted by atomic mass is 15.0. The van der Waals surface area contributed by atoms with Crippen molar-refractivity contribution in [2.45, 2.75) is 0 Å². The molecule has 0 saturated heterocycles. The summed E-state index contributed by atoms with van der Waals surface area (Å²) in [4.78, 5) is 0. The predicted octanol–water partition coefficient (Wildman–Crippen LogP) is 7.58. The lowest BCUT2D eigenvalue weighted by Gasteiger charge is -2.08. The molecule has 31 heavy (non-hydrogen) atoms. The summed E-state index contributed by atoms with van der Waals surface area (Å²) in [6.07, 6.45) is 0. The summed E-state index contributed by atoms with van der Waals surface area (Å²) in [5, 5.41) is 7.77. The van der Waals surface area contributed by atoms with Gasteiger partial charge in [-0.15, -0.1) is 0 Å². The van der Waals surface area contributed by atoms with Gasteiger partial charge in [0.05, 0.1) is 11.0 Å². The summed E-state index contributed by atoms with van der Waals surface area (Å²) in [5.41, 5.74) is 6.24. The topological polar surface area (TPSA) is 9.86 Å². The van der Waals surface area contributed by atoms with Crippen LogP contribution in [-0.2, 0) is 7.05 Å². The van der Waals surface area contributed by atoms with Crippen LogP contribution in [0.15, 0.2) is 103 Å². The van der Waals surface area contributed by atoms with Gasteiger partial charge in [0.25, 0.3) is 0 Å². The van der Waals surface area contributed by atoms with E-state index in [0.29, 0.717) is 0 Å². The smallest absolute Gasteiger partial charge is 0.0547 e. The maximum absolute atomic E-state index is 2.39. The van der Waals surface area contributed by atoms with E-state index in [-0.39, 0.29) is 0 Å². The second kappa shape index (κ2) is 5.99. The van der Waals surface area contributed by atoms with Crippen LogP contribution in [0.5, 0.6) is 0 Å². The van der Waals surface area contributed by atoms with Crippen molar-refractivity contribution >= 4 is 54.4 Å². The fourth-order valence-corrected chi connectivity index (χ4v) is 5.22. The molecule has 2 nitrogen and oxygen atoms in total. The normalized spacial score (nSPS) is 12.0. The lowest BCUT2D eigenvalue weighted by atomic mass is 10.0. The van der Waals surface area contributed by atoms with E-state index < -0.39 is 0 Å². The van der Waals surface area contributed by atoms with Crippen molar-refractivity contribution in [3.8, 4) is 5.69 Å². The Hall–Kier alpha value is -4.04. The lowest BCUT2D eigenvalue weighted by Crippen LogP contribution is -1.93. The first-order chi connectivity index (χ1) is 15.3. The molecule has 2 heterocycles. The summed E-state index contributed by atoms with van der Waals surface area (Å²) in [6.45, 7) is 0. The van der Waals surface area contributed by atoms with Gasteiger partial charge in [-0.05, 0) is 59.3 Å². The molecule has 0 aliphatic carbocycles. The number of hydrogen-bond donors (Lipinski definition) is 0.